The van der Waals surface area contributed by atoms with Gasteiger partial charge < -0.3 is 21.9 Å². The van der Waals surface area contributed by atoms with Gasteiger partial charge in [-0.1, -0.05) is 6.42 Å². The summed E-state index contributed by atoms with van der Waals surface area (Å²) in [6.45, 7) is 0.192. The molecule has 2 atom stereocenters. The lowest BCUT2D eigenvalue weighted by Gasteiger charge is -2.14. The van der Waals surface area contributed by atoms with Crippen molar-refractivity contribution >= 4 is 17.3 Å². The predicted octanol–water partition coefficient (Wildman–Crippen LogP) is 1.02. The number of anilines is 2. The van der Waals surface area contributed by atoms with Crippen LogP contribution in [0.5, 0.6) is 0 Å². The second kappa shape index (κ2) is 5.27. The van der Waals surface area contributed by atoms with Crippen molar-refractivity contribution in [1.82, 2.24) is 0 Å². The molecule has 0 radical (unpaired) electrons. The summed E-state index contributed by atoms with van der Waals surface area (Å²) in [6, 6.07) is 5.10. The molecule has 1 saturated carbocycles. The Balaban J connectivity index is 1.92. The van der Waals surface area contributed by atoms with E-state index in [1.165, 1.54) is 0 Å². The number of carbonyl (C=O) groups excluding carboxylic acids is 1. The maximum absolute atomic E-state index is 11.8. The lowest BCUT2D eigenvalue weighted by atomic mass is 10.1. The molecule has 1 aromatic carbocycles. The molecule has 0 aromatic heterocycles. The Kier molecular flexibility index (Phi) is 3.72. The average molecular weight is 249 g/mol. The molecule has 0 aliphatic heterocycles. The molecule has 98 valence electrons. The van der Waals surface area contributed by atoms with Crippen LogP contribution in [0.4, 0.5) is 11.4 Å². The Bertz CT molecular complexity index is 428. The fourth-order valence-electron chi connectivity index (χ4n) is 2.37. The van der Waals surface area contributed by atoms with E-state index in [2.05, 4.69) is 0 Å². The molecule has 1 fully saturated rings. The summed E-state index contributed by atoms with van der Waals surface area (Å²) in [5, 5.41) is 0. The Morgan fingerprint density at radius 1 is 1.22 bits per heavy atom. The van der Waals surface area contributed by atoms with Gasteiger partial charge in [-0.25, -0.2) is 0 Å². The van der Waals surface area contributed by atoms with Gasteiger partial charge >= 0.3 is 5.97 Å². The van der Waals surface area contributed by atoms with Crippen molar-refractivity contribution in [3.63, 3.8) is 0 Å². The number of rotatable bonds is 3. The van der Waals surface area contributed by atoms with E-state index >= 15 is 0 Å². The molecule has 5 nitrogen and oxygen atoms in total. The number of hydrogen-bond acceptors (Lipinski definition) is 5. The number of ether oxygens (including phenoxy) is 1. The second-order valence-electron chi connectivity index (χ2n) is 4.82. The number of benzene rings is 1. The molecule has 6 N–H and O–H groups in total. The monoisotopic (exact) mass is 249 g/mol. The molecule has 0 heterocycles. The molecular weight excluding hydrogens is 230 g/mol. The van der Waals surface area contributed by atoms with E-state index in [4.69, 9.17) is 21.9 Å². The quantitative estimate of drug-likeness (QED) is 0.548. The molecule has 0 saturated heterocycles. The normalized spacial score (nSPS) is 22.9. The maximum Gasteiger partial charge on any atom is 0.310 e. The van der Waals surface area contributed by atoms with Gasteiger partial charge in [-0.2, -0.15) is 0 Å². The highest BCUT2D eigenvalue weighted by molar-refractivity contribution is 5.73. The van der Waals surface area contributed by atoms with Crippen LogP contribution in [0, 0.1) is 5.92 Å². The fraction of sp³-hybridized carbons (Fsp3) is 0.462. The molecule has 1 aliphatic carbocycles. The van der Waals surface area contributed by atoms with Crippen LogP contribution in [0.2, 0.25) is 0 Å². The Hall–Kier alpha value is -1.75. The van der Waals surface area contributed by atoms with Gasteiger partial charge in [0.25, 0.3) is 0 Å². The topological polar surface area (TPSA) is 104 Å². The fourth-order valence-corrected chi connectivity index (χ4v) is 2.37. The number of hydrogen-bond donors (Lipinski definition) is 3. The molecule has 0 bridgehead atoms. The van der Waals surface area contributed by atoms with Crippen LogP contribution >= 0.6 is 0 Å². The van der Waals surface area contributed by atoms with Gasteiger partial charge in [-0.15, -0.1) is 0 Å². The van der Waals surface area contributed by atoms with Crippen molar-refractivity contribution < 1.29 is 9.53 Å². The van der Waals surface area contributed by atoms with Crippen LogP contribution in [0.3, 0.4) is 0 Å². The molecule has 1 aliphatic rings. The molecule has 0 amide bonds. The van der Waals surface area contributed by atoms with E-state index in [0.717, 1.165) is 24.8 Å². The van der Waals surface area contributed by atoms with Crippen LogP contribution < -0.4 is 17.2 Å². The van der Waals surface area contributed by atoms with E-state index in [1.54, 1.807) is 18.2 Å². The van der Waals surface area contributed by atoms with Crippen LogP contribution in [0.25, 0.3) is 0 Å². The van der Waals surface area contributed by atoms with Crippen LogP contribution in [-0.2, 0) is 16.1 Å². The Morgan fingerprint density at radius 3 is 2.44 bits per heavy atom. The van der Waals surface area contributed by atoms with E-state index in [9.17, 15) is 4.79 Å². The largest absolute Gasteiger partial charge is 0.461 e. The zero-order valence-electron chi connectivity index (χ0n) is 10.3. The molecule has 2 rings (SSSR count). The van der Waals surface area contributed by atoms with Gasteiger partial charge in [0.15, 0.2) is 0 Å². The molecular formula is C13H19N3O2. The highest BCUT2D eigenvalue weighted by Gasteiger charge is 2.31. The predicted molar refractivity (Wildman–Crippen MR) is 70.4 cm³/mol. The van der Waals surface area contributed by atoms with Crippen molar-refractivity contribution in [1.29, 1.82) is 0 Å². The van der Waals surface area contributed by atoms with E-state index in [1.807, 2.05) is 0 Å². The molecule has 18 heavy (non-hydrogen) atoms. The Labute approximate surface area is 106 Å². The number of esters is 1. The number of carbonyl (C=O) groups is 1. The molecule has 5 heteroatoms. The molecule has 0 unspecified atom stereocenters. The summed E-state index contributed by atoms with van der Waals surface area (Å²) in [6.07, 6.45) is 2.70. The third-order valence-electron chi connectivity index (χ3n) is 3.29. The first-order valence-corrected chi connectivity index (χ1v) is 6.13. The minimum atomic E-state index is -0.221. The van der Waals surface area contributed by atoms with Crippen LogP contribution in [0.1, 0.15) is 24.8 Å². The number of nitrogen functional groups attached to an aromatic ring is 2. The second-order valence-corrected chi connectivity index (χ2v) is 4.82. The summed E-state index contributed by atoms with van der Waals surface area (Å²) in [5.74, 6) is -0.385. The zero-order chi connectivity index (χ0) is 13.1. The first-order valence-electron chi connectivity index (χ1n) is 6.13. The third-order valence-corrected chi connectivity index (χ3v) is 3.29. The lowest BCUT2D eigenvalue weighted by Crippen LogP contribution is -2.31. The van der Waals surface area contributed by atoms with Crippen LogP contribution in [0.15, 0.2) is 18.2 Å². The van der Waals surface area contributed by atoms with Crippen molar-refractivity contribution in [2.45, 2.75) is 31.9 Å². The van der Waals surface area contributed by atoms with Gasteiger partial charge in [0.1, 0.15) is 6.61 Å². The van der Waals surface area contributed by atoms with Crippen molar-refractivity contribution in [2.24, 2.45) is 11.7 Å². The summed E-state index contributed by atoms with van der Waals surface area (Å²) < 4.78 is 5.26. The van der Waals surface area contributed by atoms with Gasteiger partial charge in [-0.3, -0.25) is 4.79 Å². The number of nitrogens with two attached hydrogens (primary N) is 3. The SMILES string of the molecule is Nc1cc(N)cc(COC(=O)[C@H]2CCC[C@@H]2N)c1. The van der Waals surface area contributed by atoms with E-state index < -0.39 is 0 Å². The molecule has 0 spiro atoms. The summed E-state index contributed by atoms with van der Waals surface area (Å²) in [5.41, 5.74) is 19.1. The van der Waals surface area contributed by atoms with Crippen molar-refractivity contribution in [3.05, 3.63) is 23.8 Å². The van der Waals surface area contributed by atoms with Gasteiger partial charge in [0.05, 0.1) is 5.92 Å². The minimum absolute atomic E-state index is 0.0663. The minimum Gasteiger partial charge on any atom is -0.461 e. The van der Waals surface area contributed by atoms with E-state index in [0.29, 0.717) is 11.4 Å². The standard InChI is InChI=1S/C13H19N3O2/c14-9-4-8(5-10(15)6-9)7-18-13(17)11-2-1-3-12(11)16/h4-6,11-12H,1-3,7,14-16H2/t11-,12-/m0/s1. The smallest absolute Gasteiger partial charge is 0.310 e. The van der Waals surface area contributed by atoms with Gasteiger partial charge in [0, 0.05) is 17.4 Å². The maximum atomic E-state index is 11.8. The van der Waals surface area contributed by atoms with Crippen LogP contribution in [-0.4, -0.2) is 12.0 Å². The van der Waals surface area contributed by atoms with Crippen molar-refractivity contribution in [3.8, 4) is 0 Å². The zero-order valence-corrected chi connectivity index (χ0v) is 10.3. The summed E-state index contributed by atoms with van der Waals surface area (Å²) in [7, 11) is 0. The Morgan fingerprint density at radius 2 is 1.89 bits per heavy atom. The van der Waals surface area contributed by atoms with Crippen molar-refractivity contribution in [2.75, 3.05) is 11.5 Å². The molecule has 1 aromatic rings. The first kappa shape index (κ1) is 12.7. The first-order chi connectivity index (χ1) is 8.56. The average Bonchev–Trinajstić information content (AvgIpc) is 2.71. The summed E-state index contributed by atoms with van der Waals surface area (Å²) in [4.78, 5) is 11.8. The third kappa shape index (κ3) is 2.92. The highest BCUT2D eigenvalue weighted by Crippen LogP contribution is 2.25. The van der Waals surface area contributed by atoms with Gasteiger partial charge in [0.2, 0.25) is 0 Å². The van der Waals surface area contributed by atoms with E-state index in [-0.39, 0.29) is 24.5 Å². The van der Waals surface area contributed by atoms with Gasteiger partial charge in [-0.05, 0) is 36.6 Å². The summed E-state index contributed by atoms with van der Waals surface area (Å²) >= 11 is 0. The highest BCUT2D eigenvalue weighted by atomic mass is 16.5. The lowest BCUT2D eigenvalue weighted by molar-refractivity contribution is -0.150.